The fourth-order valence-electron chi connectivity index (χ4n) is 2.09. The van der Waals surface area contributed by atoms with Gasteiger partial charge in [0, 0.05) is 6.61 Å². The fourth-order valence-corrected chi connectivity index (χ4v) is 13.7. The van der Waals surface area contributed by atoms with E-state index < -0.39 is 43.3 Å². The molecule has 0 saturated heterocycles. The van der Waals surface area contributed by atoms with E-state index in [1.54, 1.807) is 46.2 Å². The van der Waals surface area contributed by atoms with E-state index in [0.29, 0.717) is 6.42 Å². The molecule has 0 aromatic rings. The van der Waals surface area contributed by atoms with Crippen molar-refractivity contribution < 1.29 is 30.5 Å². The molecule has 0 fully saturated rings. The summed E-state index contributed by atoms with van der Waals surface area (Å²) in [6.07, 6.45) is 0.479. The van der Waals surface area contributed by atoms with Gasteiger partial charge in [-0.2, -0.15) is 17.6 Å². The van der Waals surface area contributed by atoms with Crippen molar-refractivity contribution in [3.63, 3.8) is 0 Å². The predicted molar refractivity (Wildman–Crippen MR) is 91.5 cm³/mol. The molecule has 23 heavy (non-hydrogen) atoms. The van der Waals surface area contributed by atoms with Gasteiger partial charge >= 0.3 is 20.0 Å². The van der Waals surface area contributed by atoms with Crippen LogP contribution in [0.3, 0.4) is 0 Å². The van der Waals surface area contributed by atoms with Crippen molar-refractivity contribution in [2.45, 2.75) is 70.6 Å². The van der Waals surface area contributed by atoms with Crippen molar-refractivity contribution in [2.24, 2.45) is 0 Å². The highest BCUT2D eigenvalue weighted by molar-refractivity contribution is 6.88. The van der Waals surface area contributed by atoms with Gasteiger partial charge in [-0.15, -0.1) is 0 Å². The monoisotopic (exact) mass is 394 g/mol. The number of alkyl halides is 4. The highest BCUT2D eigenvalue weighted by Gasteiger charge is 2.72. The zero-order valence-electron chi connectivity index (χ0n) is 15.4. The van der Waals surface area contributed by atoms with Crippen LogP contribution in [0.2, 0.25) is 45.8 Å². The number of hydrogen-bond acceptors (Lipinski definition) is 3. The average Bonchev–Trinajstić information content (AvgIpc) is 2.23. The molecular weight excluding hydrogens is 364 g/mol. The Hall–Kier alpha value is 0.251. The smallest absolute Gasteiger partial charge is 0.398 e. The van der Waals surface area contributed by atoms with Gasteiger partial charge in [0.2, 0.25) is 0 Å². The molecule has 0 saturated carbocycles. The Kier molecular flexibility index (Phi) is 7.73. The molecule has 0 heterocycles. The second kappa shape index (κ2) is 7.65. The van der Waals surface area contributed by atoms with Crippen LogP contribution < -0.4 is 0 Å². The Balaban J connectivity index is 5.65. The molecule has 0 rings (SSSR count). The third-order valence-corrected chi connectivity index (χ3v) is 12.2. The lowest BCUT2D eigenvalue weighted by atomic mass is 10.4. The van der Waals surface area contributed by atoms with Crippen LogP contribution in [0.5, 0.6) is 0 Å². The molecule has 10 heteroatoms. The largest absolute Gasteiger partial charge is 0.433 e. The minimum absolute atomic E-state index is 0.00763. The fraction of sp³-hybridized carbons (Fsp3) is 1.00. The van der Waals surface area contributed by atoms with Gasteiger partial charge in [0.15, 0.2) is 16.6 Å². The number of halogens is 4. The highest BCUT2D eigenvalue weighted by Crippen LogP contribution is 2.44. The van der Waals surface area contributed by atoms with E-state index in [4.69, 9.17) is 13.0 Å². The van der Waals surface area contributed by atoms with Crippen LogP contribution in [0, 0.1) is 0 Å². The number of hydrogen-bond donors (Lipinski definition) is 0. The van der Waals surface area contributed by atoms with Gasteiger partial charge in [0.05, 0.1) is 0 Å². The van der Waals surface area contributed by atoms with Crippen molar-refractivity contribution in [1.82, 2.24) is 0 Å². The lowest BCUT2D eigenvalue weighted by Crippen LogP contribution is -2.70. The minimum atomic E-state index is -4.48. The van der Waals surface area contributed by atoms with Crippen LogP contribution in [0.15, 0.2) is 0 Å². The summed E-state index contributed by atoms with van der Waals surface area (Å²) in [5, 5.41) is 0. The van der Waals surface area contributed by atoms with Crippen LogP contribution in [0.1, 0.15) is 13.3 Å². The van der Waals surface area contributed by atoms with Gasteiger partial charge in [-0.25, -0.2) is 0 Å². The predicted octanol–water partition coefficient (Wildman–Crippen LogP) is 5.00. The zero-order chi connectivity index (χ0) is 18.7. The van der Waals surface area contributed by atoms with Crippen molar-refractivity contribution in [3.8, 4) is 0 Å². The van der Waals surface area contributed by atoms with Gasteiger partial charge in [-0.3, -0.25) is 0 Å². The number of rotatable bonds is 10. The molecule has 0 N–H and O–H groups in total. The summed E-state index contributed by atoms with van der Waals surface area (Å²) in [7, 11) is -9.51. The first-order valence-corrected chi connectivity index (χ1v) is 16.8. The zero-order valence-corrected chi connectivity index (χ0v) is 18.4. The molecule has 140 valence electrons. The summed E-state index contributed by atoms with van der Waals surface area (Å²) in [5.41, 5.74) is -4.38. The lowest BCUT2D eigenvalue weighted by Gasteiger charge is -2.44. The van der Waals surface area contributed by atoms with E-state index >= 15 is 0 Å². The van der Waals surface area contributed by atoms with Gasteiger partial charge in [-0.05, 0) is 52.2 Å². The molecule has 0 atom stereocenters. The van der Waals surface area contributed by atoms with E-state index in [-0.39, 0.29) is 6.61 Å². The Bertz CT molecular complexity index is 366. The quantitative estimate of drug-likeness (QED) is 0.296. The molecule has 0 bridgehead atoms. The molecule has 0 spiro atoms. The van der Waals surface area contributed by atoms with Crippen LogP contribution >= 0.6 is 0 Å². The molecule has 3 nitrogen and oxygen atoms in total. The maximum Gasteiger partial charge on any atom is 0.398 e. The summed E-state index contributed by atoms with van der Waals surface area (Å²) < 4.78 is 73.8. The first kappa shape index (κ1) is 23.3. The lowest BCUT2D eigenvalue weighted by molar-refractivity contribution is -0.204. The highest BCUT2D eigenvalue weighted by atomic mass is 28.5. The second-order valence-corrected chi connectivity index (χ2v) is 20.3. The van der Waals surface area contributed by atoms with E-state index in [2.05, 4.69) is 0 Å². The summed E-state index contributed by atoms with van der Waals surface area (Å²) in [6.45, 7) is 11.6. The third kappa shape index (κ3) is 6.94. The average molecular weight is 395 g/mol. The van der Waals surface area contributed by atoms with E-state index in [0.717, 1.165) is 6.55 Å². The van der Waals surface area contributed by atoms with Gasteiger partial charge in [0.25, 0.3) is 0 Å². The van der Waals surface area contributed by atoms with Crippen molar-refractivity contribution in [2.75, 3.05) is 13.2 Å². The molecule has 0 unspecified atom stereocenters. The first-order chi connectivity index (χ1) is 9.97. The van der Waals surface area contributed by atoms with Crippen LogP contribution in [-0.2, 0) is 13.0 Å². The Morgan fingerprint density at radius 3 is 1.48 bits per heavy atom. The van der Waals surface area contributed by atoms with Crippen LogP contribution in [0.4, 0.5) is 17.6 Å². The molecule has 0 aliphatic carbocycles. The number of ether oxygens (including phenoxy) is 1. The Morgan fingerprint density at radius 2 is 1.17 bits per heavy atom. The van der Waals surface area contributed by atoms with Crippen LogP contribution in [0.25, 0.3) is 0 Å². The molecule has 0 aromatic carbocycles. The second-order valence-electron chi connectivity index (χ2n) is 7.71. The Labute approximate surface area is 140 Å². The summed E-state index contributed by atoms with van der Waals surface area (Å²) >= 11 is 0. The maximum atomic E-state index is 14.8. The molecule has 0 aliphatic rings. The standard InChI is InChI=1S/C13H30F4O3Si3/c1-9-10-18-11-12(14,15)13(16,17)23(8,19-21(2,3)4)20-22(5,6)7/h9-11H2,1-8H3. The molecule has 0 aromatic heterocycles. The first-order valence-electron chi connectivity index (χ1n) is 7.71. The summed E-state index contributed by atoms with van der Waals surface area (Å²) in [6, 6.07) is 0. The van der Waals surface area contributed by atoms with E-state index in [9.17, 15) is 17.6 Å². The molecule has 0 radical (unpaired) electrons. The Morgan fingerprint density at radius 1 is 0.783 bits per heavy atom. The normalized spacial score (nSPS) is 15.1. The minimum Gasteiger partial charge on any atom is -0.433 e. The van der Waals surface area contributed by atoms with Crippen molar-refractivity contribution in [3.05, 3.63) is 0 Å². The van der Waals surface area contributed by atoms with E-state index in [1.165, 1.54) is 0 Å². The van der Waals surface area contributed by atoms with Gasteiger partial charge < -0.3 is 13.0 Å². The topological polar surface area (TPSA) is 27.7 Å². The third-order valence-electron chi connectivity index (χ3n) is 2.66. The van der Waals surface area contributed by atoms with Crippen molar-refractivity contribution in [1.29, 1.82) is 0 Å². The summed E-state index contributed by atoms with van der Waals surface area (Å²) in [5.74, 6) is -4.33. The molecule has 0 amide bonds. The summed E-state index contributed by atoms with van der Waals surface area (Å²) in [4.78, 5) is 0. The van der Waals surface area contributed by atoms with Gasteiger partial charge in [-0.1, -0.05) is 6.92 Å². The van der Waals surface area contributed by atoms with Crippen molar-refractivity contribution >= 4 is 25.2 Å². The SMILES string of the molecule is CCCOCC(F)(F)C(F)(F)[Si](C)(O[Si](C)(C)C)O[Si](C)(C)C. The maximum absolute atomic E-state index is 14.8. The molecular formula is C13H30F4O3Si3. The molecule has 0 aliphatic heterocycles. The van der Waals surface area contributed by atoms with E-state index in [1.807, 2.05) is 0 Å². The van der Waals surface area contributed by atoms with Gasteiger partial charge in [0.1, 0.15) is 6.61 Å². The van der Waals surface area contributed by atoms with Crippen LogP contribution in [-0.4, -0.2) is 49.9 Å².